The van der Waals surface area contributed by atoms with Gasteiger partial charge in [0.05, 0.1) is 12.5 Å². The van der Waals surface area contributed by atoms with Gasteiger partial charge in [0.1, 0.15) is 5.54 Å². The molecule has 1 amide bonds. The summed E-state index contributed by atoms with van der Waals surface area (Å²) in [6.45, 7) is -0.00963. The van der Waals surface area contributed by atoms with Crippen LogP contribution in [-0.2, 0) is 14.4 Å². The average Bonchev–Trinajstić information content (AvgIpc) is 2.50. The van der Waals surface area contributed by atoms with Gasteiger partial charge in [0.15, 0.2) is 0 Å². The summed E-state index contributed by atoms with van der Waals surface area (Å²) in [5.74, 6) is -3.63. The Bertz CT molecular complexity index is 515. The zero-order valence-electron chi connectivity index (χ0n) is 14.7. The molecule has 1 fully saturated rings. The number of hydrogen-bond acceptors (Lipinski definition) is 7. The molecule has 0 heterocycles. The van der Waals surface area contributed by atoms with Gasteiger partial charge in [-0.2, -0.15) is 0 Å². The first kappa shape index (κ1) is 28.1. The van der Waals surface area contributed by atoms with Crippen LogP contribution in [0.2, 0.25) is 6.32 Å². The molecule has 0 aromatic carbocycles. The highest BCUT2D eigenvalue weighted by atomic mass is 35.5. The van der Waals surface area contributed by atoms with E-state index in [2.05, 4.69) is 5.32 Å². The van der Waals surface area contributed by atoms with Crippen LogP contribution < -0.4 is 16.8 Å². The zero-order chi connectivity index (χ0) is 19.2. The first-order valence-electron chi connectivity index (χ1n) is 8.19. The Morgan fingerprint density at radius 1 is 1.19 bits per heavy atom. The first-order valence-corrected chi connectivity index (χ1v) is 8.19. The molecule has 9 N–H and O–H groups in total. The smallest absolute Gasteiger partial charge is 0.451 e. The van der Waals surface area contributed by atoms with Crippen LogP contribution in [0.25, 0.3) is 0 Å². The summed E-state index contributed by atoms with van der Waals surface area (Å²) in [7, 11) is -1.44. The normalized spacial score (nSPS) is 25.3. The van der Waals surface area contributed by atoms with Crippen LogP contribution in [0.15, 0.2) is 0 Å². The molecule has 1 saturated carbocycles. The van der Waals surface area contributed by atoms with Crippen LogP contribution in [0.5, 0.6) is 0 Å². The molecule has 0 radical (unpaired) electrons. The second kappa shape index (κ2) is 12.4. The molecule has 0 unspecified atom stereocenters. The van der Waals surface area contributed by atoms with Crippen LogP contribution in [-0.4, -0.2) is 63.4 Å². The fourth-order valence-corrected chi connectivity index (χ4v) is 3.25. The van der Waals surface area contributed by atoms with E-state index in [1.165, 1.54) is 0 Å². The molecule has 0 aromatic rings. The number of nitrogens with one attached hydrogen (secondary N) is 1. The minimum absolute atomic E-state index is 0. The second-order valence-corrected chi connectivity index (χ2v) is 6.70. The van der Waals surface area contributed by atoms with E-state index in [9.17, 15) is 19.5 Å². The highest BCUT2D eigenvalue weighted by Gasteiger charge is 2.47. The van der Waals surface area contributed by atoms with Gasteiger partial charge in [-0.15, -0.1) is 24.8 Å². The number of nitrogens with two attached hydrogens (primary N) is 2. The number of rotatable bonds is 9. The van der Waals surface area contributed by atoms with Crippen molar-refractivity contribution in [1.82, 2.24) is 5.32 Å². The van der Waals surface area contributed by atoms with Crippen molar-refractivity contribution >= 4 is 49.8 Å². The fraction of sp³-hybridized carbons (Fsp3) is 0.786. The van der Waals surface area contributed by atoms with Gasteiger partial charge in [0.2, 0.25) is 5.91 Å². The summed E-state index contributed by atoms with van der Waals surface area (Å²) < 4.78 is 0. The van der Waals surface area contributed by atoms with E-state index in [0.29, 0.717) is 19.3 Å². The maximum atomic E-state index is 11.8. The molecule has 13 heteroatoms. The maximum absolute atomic E-state index is 11.8. The van der Waals surface area contributed by atoms with Crippen molar-refractivity contribution in [2.24, 2.45) is 23.3 Å². The third-order valence-electron chi connectivity index (χ3n) is 4.76. The van der Waals surface area contributed by atoms with Gasteiger partial charge in [0, 0.05) is 12.5 Å². The van der Waals surface area contributed by atoms with Crippen molar-refractivity contribution in [1.29, 1.82) is 0 Å². The molecule has 0 spiro atoms. The summed E-state index contributed by atoms with van der Waals surface area (Å²) >= 11 is 0. The number of amides is 1. The molecule has 0 bridgehead atoms. The first-order chi connectivity index (χ1) is 11.6. The van der Waals surface area contributed by atoms with Crippen molar-refractivity contribution in [3.63, 3.8) is 0 Å². The van der Waals surface area contributed by atoms with Crippen LogP contribution >= 0.6 is 24.8 Å². The molecule has 1 aliphatic rings. The lowest BCUT2D eigenvalue weighted by Crippen LogP contribution is -2.60. The lowest BCUT2D eigenvalue weighted by molar-refractivity contribution is -0.148. The Hall–Kier alpha value is -1.11. The summed E-state index contributed by atoms with van der Waals surface area (Å²) in [4.78, 5) is 34.0. The lowest BCUT2D eigenvalue weighted by atomic mass is 9.66. The van der Waals surface area contributed by atoms with E-state index in [-0.39, 0.29) is 50.0 Å². The summed E-state index contributed by atoms with van der Waals surface area (Å²) in [6.07, 6.45) is 1.34. The minimum atomic E-state index is -1.55. The van der Waals surface area contributed by atoms with Crippen molar-refractivity contribution in [3.05, 3.63) is 0 Å². The van der Waals surface area contributed by atoms with Crippen LogP contribution in [0, 0.1) is 11.8 Å². The van der Waals surface area contributed by atoms with E-state index < -0.39 is 48.9 Å². The van der Waals surface area contributed by atoms with Crippen LogP contribution in [0.4, 0.5) is 0 Å². The Kier molecular flexibility index (Phi) is 12.9. The van der Waals surface area contributed by atoms with E-state index in [0.717, 1.165) is 0 Å². The largest absolute Gasteiger partial charge is 0.481 e. The van der Waals surface area contributed by atoms with Gasteiger partial charge in [-0.25, -0.2) is 0 Å². The van der Waals surface area contributed by atoms with Gasteiger partial charge in [-0.1, -0.05) is 6.42 Å². The quantitative estimate of drug-likeness (QED) is 0.219. The second-order valence-electron chi connectivity index (χ2n) is 6.70. The van der Waals surface area contributed by atoms with Gasteiger partial charge >= 0.3 is 19.1 Å². The molecular weight excluding hydrogens is 404 g/mol. The van der Waals surface area contributed by atoms with Crippen molar-refractivity contribution in [3.8, 4) is 0 Å². The molecule has 158 valence electrons. The Balaban J connectivity index is 0. The molecule has 0 saturated heterocycles. The standard InChI is InChI=1S/C14H26BN3O7.2ClH/c16-10(5-11(19)20)12(21)18-7-9-2-1-8(3-4-15(24)25)6-14(9,17)13(22)23;;/h8-10,24-25H,1-7,16-17H2,(H,18,21)(H,19,20)(H,22,23);2*1H/t8-,9-,10-,14+;;/m0../s1. The lowest BCUT2D eigenvalue weighted by Gasteiger charge is -2.41. The van der Waals surface area contributed by atoms with Crippen molar-refractivity contribution in [2.75, 3.05) is 6.54 Å². The SMILES string of the molecule is Cl.Cl.N[C@@H](CC(=O)O)C(=O)NC[C@@H]1CC[C@@H](CCB(O)O)C[C@]1(N)C(=O)O. The molecule has 27 heavy (non-hydrogen) atoms. The predicted octanol–water partition coefficient (Wildman–Crippen LogP) is -1.19. The highest BCUT2D eigenvalue weighted by Crippen LogP contribution is 2.38. The van der Waals surface area contributed by atoms with Crippen molar-refractivity contribution in [2.45, 2.75) is 50.0 Å². The molecular formula is C14H28BCl2N3O7. The summed E-state index contributed by atoms with van der Waals surface area (Å²) in [5, 5.41) is 38.5. The molecule has 1 aliphatic carbocycles. The van der Waals surface area contributed by atoms with E-state index in [1.807, 2.05) is 0 Å². The molecule has 4 atom stereocenters. The highest BCUT2D eigenvalue weighted by molar-refractivity contribution is 6.40. The minimum Gasteiger partial charge on any atom is -0.481 e. The molecule has 10 nitrogen and oxygen atoms in total. The zero-order valence-corrected chi connectivity index (χ0v) is 16.4. The Morgan fingerprint density at radius 3 is 2.26 bits per heavy atom. The number of aliphatic carboxylic acids is 2. The number of carboxylic acid groups (broad SMARTS) is 2. The van der Waals surface area contributed by atoms with Crippen molar-refractivity contribution < 1.29 is 34.6 Å². The summed E-state index contributed by atoms with van der Waals surface area (Å²) in [6, 6.07) is -1.21. The fourth-order valence-electron chi connectivity index (χ4n) is 3.25. The number of carboxylic acids is 2. The van der Waals surface area contributed by atoms with E-state index >= 15 is 0 Å². The van der Waals surface area contributed by atoms with Gasteiger partial charge < -0.3 is 37.0 Å². The van der Waals surface area contributed by atoms with Gasteiger partial charge in [0.25, 0.3) is 0 Å². The third-order valence-corrected chi connectivity index (χ3v) is 4.76. The monoisotopic (exact) mass is 431 g/mol. The van der Waals surface area contributed by atoms with E-state index in [1.54, 1.807) is 0 Å². The number of carbonyl (C=O) groups excluding carboxylic acids is 1. The average molecular weight is 432 g/mol. The third kappa shape index (κ3) is 8.63. The summed E-state index contributed by atoms with van der Waals surface area (Å²) in [5.41, 5.74) is 10.00. The Labute approximate surface area is 170 Å². The van der Waals surface area contributed by atoms with Crippen LogP contribution in [0.3, 0.4) is 0 Å². The Morgan fingerprint density at radius 2 is 1.78 bits per heavy atom. The number of carbonyl (C=O) groups is 3. The van der Waals surface area contributed by atoms with Crippen LogP contribution in [0.1, 0.15) is 32.1 Å². The number of halogens is 2. The predicted molar refractivity (Wildman–Crippen MR) is 103 cm³/mol. The molecule has 0 aromatic heterocycles. The molecule has 0 aliphatic heterocycles. The van der Waals surface area contributed by atoms with E-state index in [4.69, 9.17) is 26.6 Å². The topological polar surface area (TPSA) is 196 Å². The maximum Gasteiger partial charge on any atom is 0.451 e. The van der Waals surface area contributed by atoms with Gasteiger partial charge in [-0.3, -0.25) is 14.4 Å². The number of hydrogen-bond donors (Lipinski definition) is 7. The molecule has 1 rings (SSSR count). The van der Waals surface area contributed by atoms with Gasteiger partial charge in [-0.05, 0) is 31.5 Å².